The molecule has 0 amide bonds. The number of benzene rings is 1. The Balaban J connectivity index is 2.56. The molecule has 112 valence electrons. The molecule has 4 nitrogen and oxygen atoms in total. The van der Waals surface area contributed by atoms with E-state index in [2.05, 4.69) is 47.1 Å². The smallest absolute Gasteiger partial charge is 0.163 e. The first-order valence-corrected chi connectivity index (χ1v) is 7.90. The number of ether oxygens (including phenoxy) is 1. The van der Waals surface area contributed by atoms with Crippen LogP contribution in [0, 0.1) is 5.82 Å². The highest BCUT2D eigenvalue weighted by molar-refractivity contribution is 9.11. The van der Waals surface area contributed by atoms with Crippen molar-refractivity contribution >= 4 is 37.7 Å². The van der Waals surface area contributed by atoms with Crippen LogP contribution >= 0.6 is 31.9 Å². The number of hydrogen-bond acceptors (Lipinski definition) is 4. The van der Waals surface area contributed by atoms with Gasteiger partial charge in [-0.15, -0.1) is 0 Å². The van der Waals surface area contributed by atoms with E-state index in [1.165, 1.54) is 12.1 Å². The zero-order valence-corrected chi connectivity index (χ0v) is 14.8. The Morgan fingerprint density at radius 2 is 2.05 bits per heavy atom. The monoisotopic (exact) mass is 417 g/mol. The van der Waals surface area contributed by atoms with Crippen molar-refractivity contribution < 1.29 is 9.13 Å². The standard InChI is InChI=1S/C14H14Br2FN3O/c1-3-18-14-12(16)11(7-21-2)19-13(20-14)9-5-4-8(17)6-10(9)15/h4-6H,3,7H2,1-2H3,(H,18,19,20). The maximum Gasteiger partial charge on any atom is 0.163 e. The van der Waals surface area contributed by atoms with Crippen molar-refractivity contribution in [3.63, 3.8) is 0 Å². The van der Waals surface area contributed by atoms with E-state index in [-0.39, 0.29) is 5.82 Å². The number of rotatable bonds is 5. The molecule has 0 atom stereocenters. The number of hydrogen-bond donors (Lipinski definition) is 1. The van der Waals surface area contributed by atoms with Crippen LogP contribution in [-0.2, 0) is 11.3 Å². The molecule has 0 spiro atoms. The molecule has 0 aliphatic carbocycles. The fourth-order valence-corrected chi connectivity index (χ4v) is 2.76. The van der Waals surface area contributed by atoms with Crippen LogP contribution in [-0.4, -0.2) is 23.6 Å². The zero-order chi connectivity index (χ0) is 15.4. The van der Waals surface area contributed by atoms with Crippen molar-refractivity contribution in [2.24, 2.45) is 0 Å². The molecule has 21 heavy (non-hydrogen) atoms. The van der Waals surface area contributed by atoms with Gasteiger partial charge in [-0.1, -0.05) is 0 Å². The van der Waals surface area contributed by atoms with Crippen LogP contribution in [0.5, 0.6) is 0 Å². The van der Waals surface area contributed by atoms with Crippen molar-refractivity contribution in [2.75, 3.05) is 19.0 Å². The second-order valence-corrected chi connectivity index (χ2v) is 5.89. The van der Waals surface area contributed by atoms with Crippen molar-refractivity contribution in [2.45, 2.75) is 13.5 Å². The number of anilines is 1. The predicted molar refractivity (Wildman–Crippen MR) is 87.7 cm³/mol. The SMILES string of the molecule is CCNc1nc(-c2ccc(F)cc2Br)nc(COC)c1Br. The topological polar surface area (TPSA) is 47.0 Å². The van der Waals surface area contributed by atoms with Gasteiger partial charge in [0.1, 0.15) is 11.6 Å². The van der Waals surface area contributed by atoms with Gasteiger partial charge >= 0.3 is 0 Å². The highest BCUT2D eigenvalue weighted by atomic mass is 79.9. The van der Waals surface area contributed by atoms with E-state index in [9.17, 15) is 4.39 Å². The average molecular weight is 419 g/mol. The molecule has 0 aliphatic heterocycles. The lowest BCUT2D eigenvalue weighted by Gasteiger charge is -2.12. The summed E-state index contributed by atoms with van der Waals surface area (Å²) in [6.07, 6.45) is 0. The van der Waals surface area contributed by atoms with Gasteiger partial charge in [-0.25, -0.2) is 14.4 Å². The quantitative estimate of drug-likeness (QED) is 0.782. The van der Waals surface area contributed by atoms with Gasteiger partial charge in [0.05, 0.1) is 16.8 Å². The summed E-state index contributed by atoms with van der Waals surface area (Å²) in [5, 5.41) is 3.17. The summed E-state index contributed by atoms with van der Waals surface area (Å²) in [7, 11) is 1.61. The largest absolute Gasteiger partial charge is 0.378 e. The first-order chi connectivity index (χ1) is 10.1. The lowest BCUT2D eigenvalue weighted by molar-refractivity contribution is 0.181. The normalized spacial score (nSPS) is 10.7. The molecule has 1 heterocycles. The highest BCUT2D eigenvalue weighted by Crippen LogP contribution is 2.31. The van der Waals surface area contributed by atoms with E-state index < -0.39 is 0 Å². The Morgan fingerprint density at radius 3 is 2.67 bits per heavy atom. The molecule has 1 aromatic carbocycles. The Bertz CT molecular complexity index is 625. The number of nitrogens with one attached hydrogen (secondary N) is 1. The van der Waals surface area contributed by atoms with Gasteiger partial charge in [0, 0.05) is 23.7 Å². The predicted octanol–water partition coefficient (Wildman–Crippen LogP) is 4.39. The summed E-state index contributed by atoms with van der Waals surface area (Å²) in [5.41, 5.74) is 1.45. The molecular weight excluding hydrogens is 405 g/mol. The third-order valence-corrected chi connectivity index (χ3v) is 4.21. The first kappa shape index (κ1) is 16.3. The Morgan fingerprint density at radius 1 is 1.29 bits per heavy atom. The third-order valence-electron chi connectivity index (χ3n) is 2.72. The molecule has 2 rings (SSSR count). The molecular formula is C14H14Br2FN3O. The van der Waals surface area contributed by atoms with Gasteiger partial charge in [0.15, 0.2) is 5.82 Å². The molecule has 1 N–H and O–H groups in total. The number of halogens is 3. The first-order valence-electron chi connectivity index (χ1n) is 6.31. The highest BCUT2D eigenvalue weighted by Gasteiger charge is 2.15. The minimum atomic E-state index is -0.313. The van der Waals surface area contributed by atoms with Crippen molar-refractivity contribution in [3.8, 4) is 11.4 Å². The van der Waals surface area contributed by atoms with Gasteiger partial charge in [0.25, 0.3) is 0 Å². The third kappa shape index (κ3) is 3.78. The van der Waals surface area contributed by atoms with E-state index in [1.807, 2.05) is 6.92 Å². The molecule has 0 saturated heterocycles. The van der Waals surface area contributed by atoms with Gasteiger partial charge in [0.2, 0.25) is 0 Å². The van der Waals surface area contributed by atoms with Crippen molar-refractivity contribution in [1.29, 1.82) is 0 Å². The van der Waals surface area contributed by atoms with E-state index in [0.717, 1.165) is 22.3 Å². The van der Waals surface area contributed by atoms with Gasteiger partial charge in [-0.2, -0.15) is 0 Å². The van der Waals surface area contributed by atoms with Crippen LogP contribution in [0.15, 0.2) is 27.1 Å². The summed E-state index contributed by atoms with van der Waals surface area (Å²) in [6, 6.07) is 4.42. The van der Waals surface area contributed by atoms with E-state index in [4.69, 9.17) is 4.74 Å². The van der Waals surface area contributed by atoms with Crippen LogP contribution in [0.4, 0.5) is 10.2 Å². The second kappa shape index (κ2) is 7.29. The lowest BCUT2D eigenvalue weighted by Crippen LogP contribution is -2.07. The van der Waals surface area contributed by atoms with Gasteiger partial charge in [-0.05, 0) is 57.0 Å². The van der Waals surface area contributed by atoms with E-state index >= 15 is 0 Å². The molecule has 0 bridgehead atoms. The van der Waals surface area contributed by atoms with Crippen molar-refractivity contribution in [1.82, 2.24) is 9.97 Å². The second-order valence-electron chi connectivity index (χ2n) is 4.24. The minimum Gasteiger partial charge on any atom is -0.378 e. The number of nitrogens with zero attached hydrogens (tertiary/aromatic N) is 2. The Kier molecular flexibility index (Phi) is 5.66. The van der Waals surface area contributed by atoms with Crippen LogP contribution in [0.25, 0.3) is 11.4 Å². The number of methoxy groups -OCH3 is 1. The summed E-state index contributed by atoms with van der Waals surface area (Å²) in [5.74, 6) is 0.880. The molecule has 7 heteroatoms. The fourth-order valence-electron chi connectivity index (χ4n) is 1.80. The van der Waals surface area contributed by atoms with Gasteiger partial charge in [-0.3, -0.25) is 0 Å². The minimum absolute atomic E-state index is 0.313. The summed E-state index contributed by atoms with van der Waals surface area (Å²) >= 11 is 6.83. The van der Waals surface area contributed by atoms with Crippen LogP contribution < -0.4 is 5.32 Å². The van der Waals surface area contributed by atoms with E-state index in [1.54, 1.807) is 13.2 Å². The van der Waals surface area contributed by atoms with Crippen molar-refractivity contribution in [3.05, 3.63) is 38.7 Å². The van der Waals surface area contributed by atoms with Crippen LogP contribution in [0.2, 0.25) is 0 Å². The summed E-state index contributed by atoms with van der Waals surface area (Å²) in [6.45, 7) is 3.07. The fraction of sp³-hybridized carbons (Fsp3) is 0.286. The Labute approximate surface area is 139 Å². The average Bonchev–Trinajstić information content (AvgIpc) is 2.43. The summed E-state index contributed by atoms with van der Waals surface area (Å²) in [4.78, 5) is 8.98. The maximum atomic E-state index is 13.2. The van der Waals surface area contributed by atoms with Crippen LogP contribution in [0.1, 0.15) is 12.6 Å². The molecule has 1 aromatic heterocycles. The van der Waals surface area contributed by atoms with E-state index in [0.29, 0.717) is 22.7 Å². The van der Waals surface area contributed by atoms with Crippen LogP contribution in [0.3, 0.4) is 0 Å². The molecule has 0 saturated carbocycles. The molecule has 2 aromatic rings. The molecule has 0 radical (unpaired) electrons. The zero-order valence-electron chi connectivity index (χ0n) is 11.6. The Hall–Kier alpha value is -1.05. The molecule has 0 aliphatic rings. The number of aromatic nitrogens is 2. The lowest BCUT2D eigenvalue weighted by atomic mass is 10.2. The molecule has 0 unspecified atom stereocenters. The van der Waals surface area contributed by atoms with Gasteiger partial charge < -0.3 is 10.1 Å². The molecule has 0 fully saturated rings. The summed E-state index contributed by atoms with van der Waals surface area (Å²) < 4.78 is 19.8. The maximum absolute atomic E-state index is 13.2.